The van der Waals surface area contributed by atoms with Gasteiger partial charge in [0.05, 0.1) is 17.7 Å². The lowest BCUT2D eigenvalue weighted by molar-refractivity contribution is -0.115. The quantitative estimate of drug-likeness (QED) is 0.638. The van der Waals surface area contributed by atoms with Gasteiger partial charge in [0.25, 0.3) is 5.91 Å². The summed E-state index contributed by atoms with van der Waals surface area (Å²) in [5.41, 5.74) is 8.97. The van der Waals surface area contributed by atoms with Crippen LogP contribution in [-0.2, 0) is 11.2 Å². The Morgan fingerprint density at radius 2 is 1.54 bits per heavy atom. The van der Waals surface area contributed by atoms with E-state index in [-0.39, 0.29) is 18.2 Å². The summed E-state index contributed by atoms with van der Waals surface area (Å²) >= 11 is 0. The van der Waals surface area contributed by atoms with Gasteiger partial charge in [-0.1, -0.05) is 42.5 Å². The molecule has 0 bridgehead atoms. The van der Waals surface area contributed by atoms with Crippen LogP contribution in [0.4, 0.5) is 17.1 Å². The minimum absolute atomic E-state index is 0.155. The monoisotopic (exact) mass is 373 g/mol. The average molecular weight is 373 g/mol. The van der Waals surface area contributed by atoms with Gasteiger partial charge in [0, 0.05) is 17.9 Å². The van der Waals surface area contributed by atoms with Crippen LogP contribution < -0.4 is 16.0 Å². The first-order valence-corrected chi connectivity index (χ1v) is 9.18. The molecule has 0 fully saturated rings. The fourth-order valence-electron chi connectivity index (χ4n) is 2.99. The fourth-order valence-corrected chi connectivity index (χ4v) is 2.99. The molecule has 0 aliphatic carbocycles. The SMILES string of the molecule is CCN(C(=O)c1ccccc1NC(=O)Cc1ccc(N)cc1)c1ccccc1. The molecule has 0 saturated carbocycles. The maximum Gasteiger partial charge on any atom is 0.260 e. The van der Waals surface area contributed by atoms with Gasteiger partial charge in [-0.05, 0) is 48.9 Å². The Bertz CT molecular complexity index is 953. The highest BCUT2D eigenvalue weighted by atomic mass is 16.2. The number of carbonyl (C=O) groups excluding carboxylic acids is 2. The van der Waals surface area contributed by atoms with Gasteiger partial charge in [0.1, 0.15) is 0 Å². The molecule has 3 rings (SSSR count). The molecule has 0 unspecified atom stereocenters. The van der Waals surface area contributed by atoms with Gasteiger partial charge in [-0.2, -0.15) is 0 Å². The second-order valence-electron chi connectivity index (χ2n) is 6.40. The van der Waals surface area contributed by atoms with Crippen LogP contribution >= 0.6 is 0 Å². The first-order chi connectivity index (χ1) is 13.6. The van der Waals surface area contributed by atoms with Crippen molar-refractivity contribution in [3.05, 3.63) is 90.0 Å². The molecule has 0 heterocycles. The number of nitrogen functional groups attached to an aromatic ring is 1. The maximum absolute atomic E-state index is 13.1. The molecule has 142 valence electrons. The number of hydrogen-bond donors (Lipinski definition) is 2. The Morgan fingerprint density at radius 3 is 2.21 bits per heavy atom. The van der Waals surface area contributed by atoms with Gasteiger partial charge in [0.2, 0.25) is 5.91 Å². The number of benzene rings is 3. The van der Waals surface area contributed by atoms with Gasteiger partial charge >= 0.3 is 0 Å². The molecule has 0 atom stereocenters. The summed E-state index contributed by atoms with van der Waals surface area (Å²) in [6.45, 7) is 2.45. The van der Waals surface area contributed by atoms with Crippen LogP contribution in [0.25, 0.3) is 0 Å². The van der Waals surface area contributed by atoms with Crippen LogP contribution in [0.5, 0.6) is 0 Å². The minimum atomic E-state index is -0.187. The highest BCUT2D eigenvalue weighted by Gasteiger charge is 2.19. The molecular weight excluding hydrogens is 350 g/mol. The minimum Gasteiger partial charge on any atom is -0.399 e. The molecule has 0 aromatic heterocycles. The van der Waals surface area contributed by atoms with Crippen LogP contribution in [-0.4, -0.2) is 18.4 Å². The Kier molecular flexibility index (Phi) is 6.07. The third kappa shape index (κ3) is 4.57. The zero-order valence-corrected chi connectivity index (χ0v) is 15.8. The Hall–Kier alpha value is -3.60. The molecule has 0 spiro atoms. The number of carbonyl (C=O) groups is 2. The number of para-hydroxylation sites is 2. The first-order valence-electron chi connectivity index (χ1n) is 9.18. The van der Waals surface area contributed by atoms with Gasteiger partial charge in [-0.25, -0.2) is 0 Å². The standard InChI is InChI=1S/C23H23N3O2/c1-2-26(19-8-4-3-5-9-19)23(28)20-10-6-7-11-21(20)25-22(27)16-17-12-14-18(24)15-13-17/h3-15H,2,16,24H2,1H3,(H,25,27). The number of nitrogens with two attached hydrogens (primary N) is 1. The molecule has 0 saturated heterocycles. The Balaban J connectivity index is 1.79. The first kappa shape index (κ1) is 19.2. The molecule has 28 heavy (non-hydrogen) atoms. The third-order valence-corrected chi connectivity index (χ3v) is 4.41. The maximum atomic E-state index is 13.1. The van der Waals surface area contributed by atoms with E-state index in [9.17, 15) is 9.59 Å². The number of hydrogen-bond acceptors (Lipinski definition) is 3. The summed E-state index contributed by atoms with van der Waals surface area (Å²) < 4.78 is 0. The van der Waals surface area contributed by atoms with Crippen molar-refractivity contribution in [2.45, 2.75) is 13.3 Å². The van der Waals surface area contributed by atoms with Crippen LogP contribution in [0.2, 0.25) is 0 Å². The lowest BCUT2D eigenvalue weighted by Gasteiger charge is -2.22. The second-order valence-corrected chi connectivity index (χ2v) is 6.40. The van der Waals surface area contributed by atoms with Crippen molar-refractivity contribution in [3.8, 4) is 0 Å². The van der Waals surface area contributed by atoms with E-state index in [1.54, 1.807) is 41.3 Å². The van der Waals surface area contributed by atoms with Crippen molar-refractivity contribution in [1.82, 2.24) is 0 Å². The number of rotatable bonds is 6. The van der Waals surface area contributed by atoms with Crippen LogP contribution in [0, 0.1) is 0 Å². The van der Waals surface area contributed by atoms with E-state index >= 15 is 0 Å². The van der Waals surface area contributed by atoms with Crippen LogP contribution in [0.1, 0.15) is 22.8 Å². The Labute approximate surface area is 164 Å². The molecular formula is C23H23N3O2. The van der Waals surface area contributed by atoms with Crippen molar-refractivity contribution >= 4 is 28.9 Å². The van der Waals surface area contributed by atoms with E-state index in [0.717, 1.165) is 11.3 Å². The predicted molar refractivity (Wildman–Crippen MR) is 113 cm³/mol. The molecule has 2 amide bonds. The van der Waals surface area contributed by atoms with Crippen molar-refractivity contribution in [1.29, 1.82) is 0 Å². The average Bonchev–Trinajstić information content (AvgIpc) is 2.71. The molecule has 5 heteroatoms. The van der Waals surface area contributed by atoms with Gasteiger partial charge < -0.3 is 16.0 Å². The summed E-state index contributed by atoms with van der Waals surface area (Å²) in [7, 11) is 0. The number of nitrogens with zero attached hydrogens (tertiary/aromatic N) is 1. The van der Waals surface area contributed by atoms with E-state index in [1.165, 1.54) is 0 Å². The van der Waals surface area contributed by atoms with Gasteiger partial charge in [-0.15, -0.1) is 0 Å². The highest BCUT2D eigenvalue weighted by Crippen LogP contribution is 2.22. The van der Waals surface area contributed by atoms with E-state index in [4.69, 9.17) is 5.73 Å². The van der Waals surface area contributed by atoms with Crippen molar-refractivity contribution in [2.24, 2.45) is 0 Å². The molecule has 0 aliphatic rings. The van der Waals surface area contributed by atoms with Gasteiger partial charge in [0.15, 0.2) is 0 Å². The van der Waals surface area contributed by atoms with E-state index in [0.29, 0.717) is 23.5 Å². The number of anilines is 3. The third-order valence-electron chi connectivity index (χ3n) is 4.41. The largest absolute Gasteiger partial charge is 0.399 e. The zero-order chi connectivity index (χ0) is 19.9. The molecule has 5 nitrogen and oxygen atoms in total. The van der Waals surface area contributed by atoms with Crippen LogP contribution in [0.3, 0.4) is 0 Å². The van der Waals surface area contributed by atoms with E-state index in [2.05, 4.69) is 5.32 Å². The lowest BCUT2D eigenvalue weighted by Crippen LogP contribution is -2.31. The summed E-state index contributed by atoms with van der Waals surface area (Å²) in [5.74, 6) is -0.343. The topological polar surface area (TPSA) is 75.4 Å². The van der Waals surface area contributed by atoms with Crippen molar-refractivity contribution in [3.63, 3.8) is 0 Å². The van der Waals surface area contributed by atoms with Crippen molar-refractivity contribution < 1.29 is 9.59 Å². The Morgan fingerprint density at radius 1 is 0.893 bits per heavy atom. The second kappa shape index (κ2) is 8.86. The molecule has 3 N–H and O–H groups in total. The molecule has 3 aromatic carbocycles. The van der Waals surface area contributed by atoms with Crippen molar-refractivity contribution in [2.75, 3.05) is 22.5 Å². The van der Waals surface area contributed by atoms with Gasteiger partial charge in [-0.3, -0.25) is 9.59 Å². The normalized spacial score (nSPS) is 10.3. The summed E-state index contributed by atoms with van der Waals surface area (Å²) in [4.78, 5) is 27.3. The van der Waals surface area contributed by atoms with E-state index < -0.39 is 0 Å². The molecule has 3 aromatic rings. The highest BCUT2D eigenvalue weighted by molar-refractivity contribution is 6.11. The number of nitrogens with one attached hydrogen (secondary N) is 1. The molecule has 0 aliphatic heterocycles. The summed E-state index contributed by atoms with van der Waals surface area (Å²) in [6.07, 6.45) is 0.207. The smallest absolute Gasteiger partial charge is 0.260 e. The zero-order valence-electron chi connectivity index (χ0n) is 15.8. The van der Waals surface area contributed by atoms with E-state index in [1.807, 2.05) is 49.4 Å². The molecule has 0 radical (unpaired) electrons. The summed E-state index contributed by atoms with van der Waals surface area (Å²) in [5, 5.41) is 2.87. The number of amides is 2. The fraction of sp³-hybridized carbons (Fsp3) is 0.130. The summed E-state index contributed by atoms with van der Waals surface area (Å²) in [6, 6.07) is 23.7. The van der Waals surface area contributed by atoms with Crippen LogP contribution in [0.15, 0.2) is 78.9 Å². The predicted octanol–water partition coefficient (Wildman–Crippen LogP) is 4.12. The lowest BCUT2D eigenvalue weighted by atomic mass is 10.1.